The Morgan fingerprint density at radius 3 is 1.47 bits per heavy atom. The summed E-state index contributed by atoms with van der Waals surface area (Å²) in [4.78, 5) is 14.2. The van der Waals surface area contributed by atoms with Crippen LogP contribution in [0.15, 0.2) is 49.1 Å². The highest BCUT2D eigenvalue weighted by Gasteiger charge is 2.51. The Balaban J connectivity index is 1.63. The van der Waals surface area contributed by atoms with E-state index < -0.39 is 0 Å². The van der Waals surface area contributed by atoms with Crippen molar-refractivity contribution in [3.05, 3.63) is 99.1 Å². The highest BCUT2D eigenvalue weighted by Crippen LogP contribution is 2.66. The molecule has 0 fully saturated rings. The Labute approximate surface area is 227 Å². The van der Waals surface area contributed by atoms with Gasteiger partial charge in [0.05, 0.1) is 23.7 Å². The van der Waals surface area contributed by atoms with Crippen molar-refractivity contribution < 1.29 is 9.53 Å². The molecule has 0 saturated carbocycles. The van der Waals surface area contributed by atoms with Crippen LogP contribution in [0.2, 0.25) is 0 Å². The SMILES string of the molecule is C=CC(=O)OCCCc1cc2c3c(c1)C(C)(C)c1cc(C)cc4c1N3c1c(cc(C)cc1C2(C)C)C4(C)C. The van der Waals surface area contributed by atoms with Crippen molar-refractivity contribution in [3.63, 3.8) is 0 Å². The lowest BCUT2D eigenvalue weighted by Crippen LogP contribution is -2.44. The summed E-state index contributed by atoms with van der Waals surface area (Å²) in [5.74, 6) is -0.355. The van der Waals surface area contributed by atoms with Crippen LogP contribution in [0.3, 0.4) is 0 Å². The first-order valence-corrected chi connectivity index (χ1v) is 13.9. The average molecular weight is 506 g/mol. The highest BCUT2D eigenvalue weighted by atomic mass is 16.5. The van der Waals surface area contributed by atoms with Gasteiger partial charge in [-0.25, -0.2) is 4.79 Å². The van der Waals surface area contributed by atoms with E-state index in [2.05, 4.69) is 103 Å². The van der Waals surface area contributed by atoms with Crippen LogP contribution in [0, 0.1) is 13.8 Å². The molecule has 3 aliphatic heterocycles. The predicted octanol–water partition coefficient (Wildman–Crippen LogP) is 8.35. The van der Waals surface area contributed by atoms with E-state index in [1.165, 1.54) is 73.2 Å². The summed E-state index contributed by atoms with van der Waals surface area (Å²) >= 11 is 0. The van der Waals surface area contributed by atoms with Gasteiger partial charge < -0.3 is 9.64 Å². The van der Waals surface area contributed by atoms with Crippen LogP contribution in [0.4, 0.5) is 17.1 Å². The third-order valence-corrected chi connectivity index (χ3v) is 9.41. The average Bonchev–Trinajstić information content (AvgIpc) is 2.85. The number of hydrogen-bond acceptors (Lipinski definition) is 3. The van der Waals surface area contributed by atoms with Gasteiger partial charge in [0.1, 0.15) is 0 Å². The molecule has 0 atom stereocenters. The van der Waals surface area contributed by atoms with Crippen LogP contribution in [-0.4, -0.2) is 12.6 Å². The lowest BCUT2D eigenvalue weighted by atomic mass is 9.60. The van der Waals surface area contributed by atoms with E-state index in [-0.39, 0.29) is 22.2 Å². The molecule has 3 heteroatoms. The summed E-state index contributed by atoms with van der Waals surface area (Å²) in [6.45, 7) is 22.8. The number of aryl methyl sites for hydroxylation is 3. The van der Waals surface area contributed by atoms with Gasteiger partial charge in [-0.15, -0.1) is 0 Å². The Hall–Kier alpha value is -3.33. The normalized spacial score (nSPS) is 18.1. The molecular weight excluding hydrogens is 466 g/mol. The van der Waals surface area contributed by atoms with Crippen molar-refractivity contribution in [2.45, 2.75) is 84.5 Å². The summed E-state index contributed by atoms with van der Waals surface area (Å²) in [5.41, 5.74) is 16.2. The molecule has 0 spiro atoms. The zero-order valence-corrected chi connectivity index (χ0v) is 24.1. The molecule has 0 N–H and O–H groups in total. The molecule has 3 heterocycles. The molecule has 3 aromatic rings. The van der Waals surface area contributed by atoms with E-state index in [0.29, 0.717) is 6.61 Å². The predicted molar refractivity (Wildman–Crippen MR) is 156 cm³/mol. The van der Waals surface area contributed by atoms with Gasteiger partial charge in [0, 0.05) is 22.3 Å². The fourth-order valence-corrected chi connectivity index (χ4v) is 7.26. The van der Waals surface area contributed by atoms with E-state index in [1.54, 1.807) is 0 Å². The van der Waals surface area contributed by atoms with Gasteiger partial charge in [0.15, 0.2) is 0 Å². The Morgan fingerprint density at radius 2 is 1.11 bits per heavy atom. The Morgan fingerprint density at radius 1 is 0.737 bits per heavy atom. The Kier molecular flexibility index (Phi) is 5.16. The lowest BCUT2D eigenvalue weighted by molar-refractivity contribution is -0.137. The summed E-state index contributed by atoms with van der Waals surface area (Å²) in [7, 11) is 0. The molecule has 0 bridgehead atoms. The molecule has 38 heavy (non-hydrogen) atoms. The molecule has 3 nitrogen and oxygen atoms in total. The van der Waals surface area contributed by atoms with Gasteiger partial charge in [-0.1, -0.05) is 95.6 Å². The first-order valence-electron chi connectivity index (χ1n) is 13.9. The minimum absolute atomic E-state index is 0.0906. The number of rotatable bonds is 5. The maximum Gasteiger partial charge on any atom is 0.330 e. The fourth-order valence-electron chi connectivity index (χ4n) is 7.26. The van der Waals surface area contributed by atoms with Crippen molar-refractivity contribution in [1.82, 2.24) is 0 Å². The number of hydrogen-bond donors (Lipinski definition) is 0. The van der Waals surface area contributed by atoms with E-state index >= 15 is 0 Å². The molecular formula is C35H39NO2. The number of ether oxygens (including phenoxy) is 1. The first kappa shape index (κ1) is 25.0. The van der Waals surface area contributed by atoms with Gasteiger partial charge in [-0.3, -0.25) is 0 Å². The third-order valence-electron chi connectivity index (χ3n) is 9.41. The molecule has 0 amide bonds. The summed E-state index contributed by atoms with van der Waals surface area (Å²) in [6, 6.07) is 14.5. The molecule has 3 aliphatic rings. The smallest absolute Gasteiger partial charge is 0.330 e. The standard InChI is InChI=1S/C35H39NO2/c1-10-29(37)38-13-11-12-22-18-27-32-28(19-22)35(8,9)26-17-21(3)15-24-31(26)36(32)30-23(33(24,4)5)14-20(2)16-25(30)34(27,6)7/h10,14-19H,1,11-13H2,2-9H3. The number of nitrogens with zero attached hydrogens (tertiary/aromatic N) is 1. The van der Waals surface area contributed by atoms with Gasteiger partial charge in [0.25, 0.3) is 0 Å². The summed E-state index contributed by atoms with van der Waals surface area (Å²) in [5, 5.41) is 0. The molecule has 196 valence electrons. The van der Waals surface area contributed by atoms with Crippen LogP contribution in [-0.2, 0) is 32.2 Å². The van der Waals surface area contributed by atoms with E-state index in [1.807, 2.05) is 0 Å². The molecule has 6 rings (SSSR count). The maximum absolute atomic E-state index is 11.5. The van der Waals surface area contributed by atoms with Crippen LogP contribution in [0.5, 0.6) is 0 Å². The van der Waals surface area contributed by atoms with Crippen molar-refractivity contribution in [1.29, 1.82) is 0 Å². The second-order valence-electron chi connectivity index (χ2n) is 13.1. The molecule has 0 unspecified atom stereocenters. The van der Waals surface area contributed by atoms with Crippen molar-refractivity contribution in [2.75, 3.05) is 11.5 Å². The van der Waals surface area contributed by atoms with Gasteiger partial charge in [-0.05, 0) is 65.6 Å². The fraction of sp³-hybridized carbons (Fsp3) is 0.400. The largest absolute Gasteiger partial charge is 0.463 e. The van der Waals surface area contributed by atoms with Crippen LogP contribution < -0.4 is 4.90 Å². The summed E-state index contributed by atoms with van der Waals surface area (Å²) < 4.78 is 5.29. The molecule has 0 aromatic heterocycles. The van der Waals surface area contributed by atoms with Gasteiger partial charge in [-0.2, -0.15) is 0 Å². The van der Waals surface area contributed by atoms with Crippen molar-refractivity contribution in [2.24, 2.45) is 0 Å². The second kappa shape index (κ2) is 7.85. The summed E-state index contributed by atoms with van der Waals surface area (Å²) in [6.07, 6.45) is 2.88. The lowest BCUT2D eigenvalue weighted by Gasteiger charge is -2.55. The maximum atomic E-state index is 11.5. The van der Waals surface area contributed by atoms with Crippen LogP contribution >= 0.6 is 0 Å². The number of esters is 1. The third kappa shape index (κ3) is 3.17. The monoisotopic (exact) mass is 505 g/mol. The number of anilines is 3. The van der Waals surface area contributed by atoms with Crippen LogP contribution in [0.1, 0.15) is 98.0 Å². The second-order valence-corrected chi connectivity index (χ2v) is 13.1. The van der Waals surface area contributed by atoms with Gasteiger partial charge in [0.2, 0.25) is 0 Å². The van der Waals surface area contributed by atoms with Gasteiger partial charge >= 0.3 is 5.97 Å². The number of benzene rings is 3. The van der Waals surface area contributed by atoms with Crippen molar-refractivity contribution in [3.8, 4) is 0 Å². The van der Waals surface area contributed by atoms with E-state index in [9.17, 15) is 4.79 Å². The minimum atomic E-state index is -0.355. The van der Waals surface area contributed by atoms with E-state index in [0.717, 1.165) is 12.8 Å². The molecule has 0 radical (unpaired) electrons. The highest BCUT2D eigenvalue weighted by molar-refractivity contribution is 5.98. The molecule has 3 aromatic carbocycles. The topological polar surface area (TPSA) is 29.5 Å². The number of carbonyl (C=O) groups excluding carboxylic acids is 1. The zero-order valence-electron chi connectivity index (χ0n) is 24.1. The first-order chi connectivity index (χ1) is 17.8. The molecule has 0 saturated heterocycles. The van der Waals surface area contributed by atoms with E-state index in [4.69, 9.17) is 4.74 Å². The van der Waals surface area contributed by atoms with Crippen LogP contribution in [0.25, 0.3) is 0 Å². The number of carbonyl (C=O) groups is 1. The molecule has 0 aliphatic carbocycles. The minimum Gasteiger partial charge on any atom is -0.463 e. The van der Waals surface area contributed by atoms with Crippen molar-refractivity contribution >= 4 is 23.0 Å². The Bertz CT molecular complexity index is 1460. The zero-order chi connectivity index (χ0) is 27.4. The quantitative estimate of drug-likeness (QED) is 0.198.